The Hall–Kier alpha value is -2.38. The molecular formula is C16H21N3O4. The SMILES string of the molecule is COCC(C)NC(=O)c1coc(C(N)Cc2ccc(O)cc2)n1. The lowest BCUT2D eigenvalue weighted by molar-refractivity contribution is 0.0900. The zero-order chi connectivity index (χ0) is 16.8. The molecule has 1 heterocycles. The van der Waals surface area contributed by atoms with Crippen LogP contribution in [-0.4, -0.2) is 35.8 Å². The molecular weight excluding hydrogens is 298 g/mol. The molecule has 2 atom stereocenters. The van der Waals surface area contributed by atoms with E-state index in [0.29, 0.717) is 18.9 Å². The van der Waals surface area contributed by atoms with Crippen molar-refractivity contribution in [2.45, 2.75) is 25.4 Å². The minimum absolute atomic E-state index is 0.127. The van der Waals surface area contributed by atoms with Crippen LogP contribution in [0.15, 0.2) is 34.9 Å². The summed E-state index contributed by atoms with van der Waals surface area (Å²) in [5.74, 6) is 0.159. The summed E-state index contributed by atoms with van der Waals surface area (Å²) in [6, 6.07) is 6.13. The number of nitrogens with zero attached hydrogens (tertiary/aromatic N) is 1. The van der Waals surface area contributed by atoms with Gasteiger partial charge in [0, 0.05) is 13.2 Å². The normalized spacial score (nSPS) is 13.5. The Morgan fingerprint density at radius 2 is 2.13 bits per heavy atom. The molecule has 23 heavy (non-hydrogen) atoms. The number of hydrogen-bond acceptors (Lipinski definition) is 6. The molecule has 0 aliphatic rings. The number of rotatable bonds is 7. The van der Waals surface area contributed by atoms with Crippen molar-refractivity contribution in [3.63, 3.8) is 0 Å². The summed E-state index contributed by atoms with van der Waals surface area (Å²) in [6.07, 6.45) is 1.78. The second kappa shape index (κ2) is 7.75. The van der Waals surface area contributed by atoms with Crippen molar-refractivity contribution in [1.29, 1.82) is 0 Å². The third-order valence-corrected chi connectivity index (χ3v) is 3.26. The van der Waals surface area contributed by atoms with Crippen LogP contribution in [0.1, 0.15) is 34.9 Å². The highest BCUT2D eigenvalue weighted by Gasteiger charge is 2.18. The largest absolute Gasteiger partial charge is 0.508 e. The lowest BCUT2D eigenvalue weighted by Gasteiger charge is -2.11. The van der Waals surface area contributed by atoms with Crippen LogP contribution in [0.3, 0.4) is 0 Å². The second-order valence-corrected chi connectivity index (χ2v) is 5.38. The minimum Gasteiger partial charge on any atom is -0.508 e. The number of aromatic nitrogens is 1. The first-order valence-corrected chi connectivity index (χ1v) is 7.28. The fraction of sp³-hybridized carbons (Fsp3) is 0.375. The van der Waals surface area contributed by atoms with E-state index < -0.39 is 6.04 Å². The number of ether oxygens (including phenoxy) is 1. The molecule has 2 unspecified atom stereocenters. The van der Waals surface area contributed by atoms with Gasteiger partial charge in [0.2, 0.25) is 5.89 Å². The molecule has 2 rings (SSSR count). The lowest BCUT2D eigenvalue weighted by atomic mass is 10.1. The van der Waals surface area contributed by atoms with E-state index >= 15 is 0 Å². The molecule has 0 aliphatic heterocycles. The number of hydrogen-bond donors (Lipinski definition) is 3. The van der Waals surface area contributed by atoms with Crippen LogP contribution in [0, 0.1) is 0 Å². The van der Waals surface area contributed by atoms with Gasteiger partial charge in [0.1, 0.15) is 12.0 Å². The van der Waals surface area contributed by atoms with Crippen molar-refractivity contribution in [2.75, 3.05) is 13.7 Å². The molecule has 0 bridgehead atoms. The lowest BCUT2D eigenvalue weighted by Crippen LogP contribution is -2.35. The van der Waals surface area contributed by atoms with Crippen LogP contribution in [0.2, 0.25) is 0 Å². The molecule has 0 saturated carbocycles. The molecule has 7 nitrogen and oxygen atoms in total. The summed E-state index contributed by atoms with van der Waals surface area (Å²) in [5, 5.41) is 12.0. The number of carbonyl (C=O) groups excluding carboxylic acids is 1. The summed E-state index contributed by atoms with van der Waals surface area (Å²) in [5.41, 5.74) is 7.18. The summed E-state index contributed by atoms with van der Waals surface area (Å²) in [4.78, 5) is 16.1. The van der Waals surface area contributed by atoms with Gasteiger partial charge in [-0.1, -0.05) is 12.1 Å². The quantitative estimate of drug-likeness (QED) is 0.711. The average Bonchev–Trinajstić information content (AvgIpc) is 3.00. The number of aromatic hydroxyl groups is 1. The number of nitrogens with one attached hydrogen (secondary N) is 1. The highest BCUT2D eigenvalue weighted by molar-refractivity contribution is 5.92. The van der Waals surface area contributed by atoms with Crippen LogP contribution in [0.4, 0.5) is 0 Å². The van der Waals surface area contributed by atoms with Crippen LogP contribution < -0.4 is 11.1 Å². The summed E-state index contributed by atoms with van der Waals surface area (Å²) >= 11 is 0. The highest BCUT2D eigenvalue weighted by atomic mass is 16.5. The van der Waals surface area contributed by atoms with Gasteiger partial charge >= 0.3 is 0 Å². The predicted molar refractivity (Wildman–Crippen MR) is 84.0 cm³/mol. The van der Waals surface area contributed by atoms with Crippen molar-refractivity contribution >= 4 is 5.91 Å². The van der Waals surface area contributed by atoms with Gasteiger partial charge in [-0.25, -0.2) is 4.98 Å². The van der Waals surface area contributed by atoms with Gasteiger partial charge in [-0.3, -0.25) is 4.79 Å². The van der Waals surface area contributed by atoms with Crippen LogP contribution >= 0.6 is 0 Å². The number of nitrogens with two attached hydrogens (primary N) is 1. The summed E-state index contributed by atoms with van der Waals surface area (Å²) in [7, 11) is 1.57. The third kappa shape index (κ3) is 4.80. The standard InChI is InChI=1S/C16H21N3O4/c1-10(8-22-2)18-15(21)14-9-23-16(19-14)13(17)7-11-3-5-12(20)6-4-11/h3-6,9-10,13,20H,7-8,17H2,1-2H3,(H,18,21). The van der Waals surface area contributed by atoms with Gasteiger partial charge in [0.15, 0.2) is 5.69 Å². The topological polar surface area (TPSA) is 111 Å². The number of carbonyl (C=O) groups is 1. The molecule has 0 fully saturated rings. The molecule has 1 aromatic heterocycles. The highest BCUT2D eigenvalue weighted by Crippen LogP contribution is 2.18. The minimum atomic E-state index is -0.475. The zero-order valence-corrected chi connectivity index (χ0v) is 13.2. The Bertz CT molecular complexity index is 639. The van der Waals surface area contributed by atoms with E-state index in [2.05, 4.69) is 10.3 Å². The predicted octanol–water partition coefficient (Wildman–Crippen LogP) is 1.39. The monoisotopic (exact) mass is 319 g/mol. The van der Waals surface area contributed by atoms with Gasteiger partial charge < -0.3 is 25.3 Å². The molecule has 1 aromatic carbocycles. The number of methoxy groups -OCH3 is 1. The van der Waals surface area contributed by atoms with Gasteiger partial charge in [-0.2, -0.15) is 0 Å². The number of phenols is 1. The average molecular weight is 319 g/mol. The number of benzene rings is 1. The molecule has 7 heteroatoms. The first-order valence-electron chi connectivity index (χ1n) is 7.28. The first kappa shape index (κ1) is 17.0. The molecule has 0 saturated heterocycles. The fourth-order valence-corrected chi connectivity index (χ4v) is 2.12. The van der Waals surface area contributed by atoms with Gasteiger partial charge in [-0.15, -0.1) is 0 Å². The van der Waals surface area contributed by atoms with E-state index in [4.69, 9.17) is 14.9 Å². The molecule has 4 N–H and O–H groups in total. The van der Waals surface area contributed by atoms with Gasteiger partial charge in [0.25, 0.3) is 5.91 Å². The van der Waals surface area contributed by atoms with E-state index in [1.807, 2.05) is 6.92 Å². The Kier molecular flexibility index (Phi) is 5.72. The van der Waals surface area contributed by atoms with Crippen LogP contribution in [-0.2, 0) is 11.2 Å². The fourth-order valence-electron chi connectivity index (χ4n) is 2.12. The van der Waals surface area contributed by atoms with E-state index in [1.54, 1.807) is 31.4 Å². The number of amides is 1. The Morgan fingerprint density at radius 3 is 2.78 bits per heavy atom. The van der Waals surface area contributed by atoms with Crippen molar-refractivity contribution in [3.05, 3.63) is 47.7 Å². The van der Waals surface area contributed by atoms with Crippen LogP contribution in [0.5, 0.6) is 5.75 Å². The molecule has 0 radical (unpaired) electrons. The Morgan fingerprint density at radius 1 is 1.43 bits per heavy atom. The van der Waals surface area contributed by atoms with Crippen molar-refractivity contribution in [2.24, 2.45) is 5.73 Å². The van der Waals surface area contributed by atoms with E-state index in [-0.39, 0.29) is 23.4 Å². The third-order valence-electron chi connectivity index (χ3n) is 3.26. The molecule has 1 amide bonds. The van der Waals surface area contributed by atoms with Crippen LogP contribution in [0.25, 0.3) is 0 Å². The first-order chi connectivity index (χ1) is 11.0. The van der Waals surface area contributed by atoms with Gasteiger partial charge in [-0.05, 0) is 31.0 Å². The molecule has 2 aromatic rings. The van der Waals surface area contributed by atoms with E-state index in [0.717, 1.165) is 5.56 Å². The Balaban J connectivity index is 1.97. The van der Waals surface area contributed by atoms with E-state index in [9.17, 15) is 9.90 Å². The molecule has 0 aliphatic carbocycles. The second-order valence-electron chi connectivity index (χ2n) is 5.38. The maximum absolute atomic E-state index is 12.0. The van der Waals surface area contributed by atoms with Crippen molar-refractivity contribution in [1.82, 2.24) is 10.3 Å². The number of phenolic OH excluding ortho intramolecular Hbond substituents is 1. The van der Waals surface area contributed by atoms with Crippen molar-refractivity contribution in [3.8, 4) is 5.75 Å². The maximum Gasteiger partial charge on any atom is 0.273 e. The van der Waals surface area contributed by atoms with Crippen molar-refractivity contribution < 1.29 is 19.1 Å². The molecule has 124 valence electrons. The summed E-state index contributed by atoms with van der Waals surface area (Å²) in [6.45, 7) is 2.25. The smallest absolute Gasteiger partial charge is 0.273 e. The molecule has 0 spiro atoms. The van der Waals surface area contributed by atoms with E-state index in [1.165, 1.54) is 6.26 Å². The number of oxazole rings is 1. The Labute approximate surface area is 134 Å². The maximum atomic E-state index is 12.0. The zero-order valence-electron chi connectivity index (χ0n) is 13.2. The summed E-state index contributed by atoms with van der Waals surface area (Å²) < 4.78 is 10.3. The van der Waals surface area contributed by atoms with Gasteiger partial charge in [0.05, 0.1) is 12.6 Å².